The molecular weight excluding hydrogens is 366 g/mol. The summed E-state index contributed by atoms with van der Waals surface area (Å²) in [7, 11) is 0. The summed E-state index contributed by atoms with van der Waals surface area (Å²) in [6, 6.07) is 9.12. The van der Waals surface area contributed by atoms with Crippen LogP contribution in [0.5, 0.6) is 0 Å². The van der Waals surface area contributed by atoms with Gasteiger partial charge in [-0.15, -0.1) is 0 Å². The average molecular weight is 393 g/mol. The molecule has 29 heavy (non-hydrogen) atoms. The molecule has 0 spiro atoms. The van der Waals surface area contributed by atoms with Gasteiger partial charge in [0, 0.05) is 29.7 Å². The minimum Gasteiger partial charge on any atom is -0.352 e. The quantitative estimate of drug-likeness (QED) is 0.784. The summed E-state index contributed by atoms with van der Waals surface area (Å²) in [5, 5.41) is 4.04. The smallest absolute Gasteiger partial charge is 0.255 e. The normalized spacial score (nSPS) is 20.4. The predicted octanol–water partition coefficient (Wildman–Crippen LogP) is 2.98. The summed E-state index contributed by atoms with van der Waals surface area (Å²) in [6.07, 6.45) is 10.1. The molecule has 2 fully saturated rings. The topological polar surface area (TPSA) is 82.3 Å². The second-order valence-electron chi connectivity index (χ2n) is 8.01. The van der Waals surface area contributed by atoms with Crippen LogP contribution < -0.4 is 10.9 Å². The number of rotatable bonds is 4. The second kappa shape index (κ2) is 8.64. The van der Waals surface area contributed by atoms with Crippen LogP contribution in [0.3, 0.4) is 0 Å². The zero-order chi connectivity index (χ0) is 20.2. The van der Waals surface area contributed by atoms with Gasteiger partial charge in [0.15, 0.2) is 0 Å². The van der Waals surface area contributed by atoms with Crippen molar-refractivity contribution < 1.29 is 9.59 Å². The van der Waals surface area contributed by atoms with Crippen LogP contribution >= 0.6 is 0 Å². The van der Waals surface area contributed by atoms with Crippen molar-refractivity contribution in [2.75, 3.05) is 6.54 Å². The lowest BCUT2D eigenvalue weighted by atomic mass is 9.95. The summed E-state index contributed by atoms with van der Waals surface area (Å²) in [5.41, 5.74) is 0.959. The Kier molecular flexibility index (Phi) is 5.79. The summed E-state index contributed by atoms with van der Waals surface area (Å²) in [4.78, 5) is 42.2. The third-order valence-corrected chi connectivity index (χ3v) is 5.98. The fraction of sp³-hybridized carbons (Fsp3) is 0.435. The number of nitrogens with zero attached hydrogens (tertiary/aromatic N) is 1. The Morgan fingerprint density at radius 3 is 2.69 bits per heavy atom. The van der Waals surface area contributed by atoms with Gasteiger partial charge in [0.2, 0.25) is 11.8 Å². The predicted molar refractivity (Wildman–Crippen MR) is 113 cm³/mol. The fourth-order valence-electron chi connectivity index (χ4n) is 4.39. The van der Waals surface area contributed by atoms with Crippen molar-refractivity contribution in [2.24, 2.45) is 0 Å². The monoisotopic (exact) mass is 393 g/mol. The number of pyridine rings is 1. The van der Waals surface area contributed by atoms with Crippen molar-refractivity contribution in [2.45, 2.75) is 57.0 Å². The largest absolute Gasteiger partial charge is 0.352 e. The molecule has 1 saturated carbocycles. The van der Waals surface area contributed by atoms with Gasteiger partial charge in [0.1, 0.15) is 6.04 Å². The standard InChI is InChI=1S/C23H27N3O3/c27-21(13-12-17-15-16-7-4-5-10-19(16)25-22(17)28)26-14-6-11-20(26)23(29)24-18-8-2-1-3-9-18/h4-5,7,10,12-13,15,18,20H,1-3,6,8-9,11,14H2,(H,24,29)(H,25,28)/b13-12+. The van der Waals surface area contributed by atoms with Crippen molar-refractivity contribution in [1.29, 1.82) is 0 Å². The van der Waals surface area contributed by atoms with Gasteiger partial charge in [0.25, 0.3) is 5.56 Å². The molecular formula is C23H27N3O3. The number of hydrogen-bond acceptors (Lipinski definition) is 3. The zero-order valence-corrected chi connectivity index (χ0v) is 16.5. The first-order valence-corrected chi connectivity index (χ1v) is 10.5. The van der Waals surface area contributed by atoms with Crippen LogP contribution in [-0.2, 0) is 9.59 Å². The van der Waals surface area contributed by atoms with Gasteiger partial charge >= 0.3 is 0 Å². The van der Waals surface area contributed by atoms with E-state index in [-0.39, 0.29) is 23.4 Å². The molecule has 1 aromatic carbocycles. The number of fused-ring (bicyclic) bond motifs is 1. The van der Waals surface area contributed by atoms with Crippen LogP contribution in [-0.4, -0.2) is 40.3 Å². The highest BCUT2D eigenvalue weighted by molar-refractivity contribution is 5.96. The van der Waals surface area contributed by atoms with Crippen molar-refractivity contribution in [3.05, 3.63) is 52.3 Å². The number of aromatic amines is 1. The molecule has 0 radical (unpaired) electrons. The van der Waals surface area contributed by atoms with E-state index < -0.39 is 6.04 Å². The molecule has 1 aliphatic carbocycles. The molecule has 0 bridgehead atoms. The van der Waals surface area contributed by atoms with Crippen molar-refractivity contribution >= 4 is 28.8 Å². The molecule has 1 aromatic heterocycles. The van der Waals surface area contributed by atoms with Gasteiger partial charge in [-0.3, -0.25) is 14.4 Å². The highest BCUT2D eigenvalue weighted by Gasteiger charge is 2.34. The first-order valence-electron chi connectivity index (χ1n) is 10.5. The Hall–Kier alpha value is -2.89. The molecule has 2 aromatic rings. The molecule has 1 unspecified atom stereocenters. The minimum atomic E-state index is -0.413. The lowest BCUT2D eigenvalue weighted by Crippen LogP contribution is -2.48. The van der Waals surface area contributed by atoms with Crippen LogP contribution in [0.4, 0.5) is 0 Å². The van der Waals surface area contributed by atoms with E-state index in [4.69, 9.17) is 0 Å². The van der Waals surface area contributed by atoms with Crippen molar-refractivity contribution in [3.8, 4) is 0 Å². The molecule has 2 N–H and O–H groups in total. The van der Waals surface area contributed by atoms with Gasteiger partial charge in [-0.1, -0.05) is 37.5 Å². The number of hydrogen-bond donors (Lipinski definition) is 2. The number of amides is 2. The maximum Gasteiger partial charge on any atom is 0.255 e. The van der Waals surface area contributed by atoms with E-state index in [2.05, 4.69) is 10.3 Å². The average Bonchev–Trinajstić information content (AvgIpc) is 3.23. The molecule has 1 aliphatic heterocycles. The van der Waals surface area contributed by atoms with E-state index in [0.717, 1.165) is 43.0 Å². The lowest BCUT2D eigenvalue weighted by molar-refractivity contribution is -0.135. The van der Waals surface area contributed by atoms with Crippen LogP contribution in [0, 0.1) is 0 Å². The molecule has 2 heterocycles. The molecule has 6 nitrogen and oxygen atoms in total. The highest BCUT2D eigenvalue weighted by Crippen LogP contribution is 2.21. The number of aromatic nitrogens is 1. The number of nitrogens with one attached hydrogen (secondary N) is 2. The SMILES string of the molecule is O=C(NC1CCCCC1)C1CCCN1C(=O)/C=C/c1cc2ccccc2[nH]c1=O. The summed E-state index contributed by atoms with van der Waals surface area (Å²) in [6.45, 7) is 0.569. The first-order chi connectivity index (χ1) is 14.1. The molecule has 2 amide bonds. The Balaban J connectivity index is 1.45. The first kappa shape index (κ1) is 19.4. The Bertz CT molecular complexity index is 988. The van der Waals surface area contributed by atoms with Gasteiger partial charge < -0.3 is 15.2 Å². The molecule has 6 heteroatoms. The maximum atomic E-state index is 12.7. The second-order valence-corrected chi connectivity index (χ2v) is 8.01. The van der Waals surface area contributed by atoms with Crippen LogP contribution in [0.1, 0.15) is 50.5 Å². The third-order valence-electron chi connectivity index (χ3n) is 5.98. The molecule has 152 valence electrons. The summed E-state index contributed by atoms with van der Waals surface area (Å²) in [5.74, 6) is -0.265. The van der Waals surface area contributed by atoms with Gasteiger partial charge in [-0.05, 0) is 49.3 Å². The summed E-state index contributed by atoms with van der Waals surface area (Å²) >= 11 is 0. The van der Waals surface area contributed by atoms with E-state index in [9.17, 15) is 14.4 Å². The molecule has 4 rings (SSSR count). The Morgan fingerprint density at radius 2 is 1.86 bits per heavy atom. The third kappa shape index (κ3) is 4.42. The number of carbonyl (C=O) groups excluding carboxylic acids is 2. The molecule has 2 aliphatic rings. The van der Waals surface area contributed by atoms with Gasteiger partial charge in [0.05, 0.1) is 0 Å². The number of likely N-dealkylation sites (tertiary alicyclic amines) is 1. The number of benzene rings is 1. The van der Waals surface area contributed by atoms with Crippen molar-refractivity contribution in [3.63, 3.8) is 0 Å². The number of carbonyl (C=O) groups is 2. The lowest BCUT2D eigenvalue weighted by Gasteiger charge is -2.27. The number of para-hydroxylation sites is 1. The Labute approximate surface area is 170 Å². The van der Waals surface area contributed by atoms with E-state index >= 15 is 0 Å². The highest BCUT2D eigenvalue weighted by atomic mass is 16.2. The van der Waals surface area contributed by atoms with Crippen LogP contribution in [0.15, 0.2) is 41.2 Å². The van der Waals surface area contributed by atoms with E-state index in [1.54, 1.807) is 17.0 Å². The Morgan fingerprint density at radius 1 is 1.07 bits per heavy atom. The van der Waals surface area contributed by atoms with E-state index in [1.165, 1.54) is 12.5 Å². The number of H-pyrrole nitrogens is 1. The minimum absolute atomic E-state index is 0.0419. The molecule has 1 saturated heterocycles. The van der Waals surface area contributed by atoms with Crippen molar-refractivity contribution in [1.82, 2.24) is 15.2 Å². The molecule has 1 atom stereocenters. The van der Waals surface area contributed by atoms with Gasteiger partial charge in [-0.2, -0.15) is 0 Å². The maximum absolute atomic E-state index is 12.7. The van der Waals surface area contributed by atoms with Gasteiger partial charge in [-0.25, -0.2) is 0 Å². The van der Waals surface area contributed by atoms with E-state index in [0.29, 0.717) is 18.5 Å². The van der Waals surface area contributed by atoms with Crippen LogP contribution in [0.2, 0.25) is 0 Å². The fourth-order valence-corrected chi connectivity index (χ4v) is 4.39. The van der Waals surface area contributed by atoms with E-state index in [1.807, 2.05) is 24.3 Å². The summed E-state index contributed by atoms with van der Waals surface area (Å²) < 4.78 is 0. The zero-order valence-electron chi connectivity index (χ0n) is 16.5. The van der Waals surface area contributed by atoms with Crippen LogP contribution in [0.25, 0.3) is 17.0 Å².